The van der Waals surface area contributed by atoms with Gasteiger partial charge in [0.2, 0.25) is 0 Å². The Kier molecular flexibility index (Phi) is 13.5. The number of benzene rings is 7. The molecular weight excluding hydrogens is 1080 g/mol. The van der Waals surface area contributed by atoms with Crippen molar-refractivity contribution in [1.82, 2.24) is 14.5 Å². The Morgan fingerprint density at radius 2 is 1.09 bits per heavy atom. The van der Waals surface area contributed by atoms with E-state index in [-0.39, 0.29) is 43.1 Å². The number of aromatic nitrogens is 3. The van der Waals surface area contributed by atoms with Crippen molar-refractivity contribution in [2.24, 2.45) is 0 Å². The predicted octanol–water partition coefficient (Wildman–Crippen LogP) is 16.4. The zero-order valence-corrected chi connectivity index (χ0v) is 46.6. The Bertz CT molecular complexity index is 3310. The Labute approximate surface area is 427 Å². The first kappa shape index (κ1) is 49.6. The fraction of sp³-hybridized carbons (Fsp3) is 0.238. The van der Waals surface area contributed by atoms with Crippen molar-refractivity contribution in [2.45, 2.75) is 95.8 Å². The van der Waals surface area contributed by atoms with Crippen LogP contribution in [0.25, 0.3) is 83.9 Å². The van der Waals surface area contributed by atoms with Crippen LogP contribution in [0.3, 0.4) is 0 Å². The summed E-state index contributed by atoms with van der Waals surface area (Å²) in [5.41, 5.74) is 16.3. The second-order valence-corrected chi connectivity index (χ2v) is 33.2. The number of hydrogen-bond acceptors (Lipinski definition) is 3. The molecule has 352 valence electrons. The van der Waals surface area contributed by atoms with Crippen LogP contribution < -0.4 is 4.40 Å². The Morgan fingerprint density at radius 1 is 0.507 bits per heavy atom. The zero-order valence-electron chi connectivity index (χ0n) is 42.2. The summed E-state index contributed by atoms with van der Waals surface area (Å²) >= 11 is -1.97. The van der Waals surface area contributed by atoms with Crippen molar-refractivity contribution in [3.05, 3.63) is 187 Å². The van der Waals surface area contributed by atoms with E-state index in [1.54, 1.807) is 0 Å². The molecule has 0 spiro atoms. The van der Waals surface area contributed by atoms with Gasteiger partial charge in [-0.25, -0.2) is 4.98 Å². The monoisotopic (exact) mass is 1150 g/mol. The second kappa shape index (κ2) is 18.8. The number of para-hydroxylation sites is 1. The fourth-order valence-electron chi connectivity index (χ4n) is 9.15. The van der Waals surface area contributed by atoms with Gasteiger partial charge in [0.05, 0.1) is 16.8 Å². The molecule has 7 aromatic carbocycles. The predicted molar refractivity (Wildman–Crippen MR) is 291 cm³/mol. The third kappa shape index (κ3) is 10.1. The third-order valence-electron chi connectivity index (χ3n) is 13.3. The van der Waals surface area contributed by atoms with Crippen molar-refractivity contribution in [3.63, 3.8) is 0 Å². The van der Waals surface area contributed by atoms with Crippen molar-refractivity contribution in [3.8, 4) is 78.6 Å². The van der Waals surface area contributed by atoms with E-state index in [9.17, 15) is 5.11 Å². The van der Waals surface area contributed by atoms with Crippen LogP contribution in [0.5, 0.6) is 5.75 Å². The van der Waals surface area contributed by atoms with Crippen molar-refractivity contribution in [2.75, 3.05) is 0 Å². The molecule has 6 heteroatoms. The summed E-state index contributed by atoms with van der Waals surface area (Å²) in [6.45, 7) is 20.0. The van der Waals surface area contributed by atoms with E-state index in [0.29, 0.717) is 11.4 Å². The largest absolute Gasteiger partial charge is 0 e. The van der Waals surface area contributed by atoms with E-state index in [2.05, 4.69) is 248 Å². The quantitative estimate of drug-likeness (QED) is 0.122. The van der Waals surface area contributed by atoms with Gasteiger partial charge >= 0.3 is 178 Å². The van der Waals surface area contributed by atoms with Crippen LogP contribution >= 0.6 is 0 Å². The molecule has 0 bridgehead atoms. The molecule has 69 heavy (non-hydrogen) atoms. The minimum atomic E-state index is -1.97. The molecular formula is C63H64GeN3OPt-. The average Bonchev–Trinajstić information content (AvgIpc) is 3.70. The maximum Gasteiger partial charge on any atom is 0 e. The number of aromatic hydroxyl groups is 1. The first-order valence-electron chi connectivity index (χ1n) is 24.0. The van der Waals surface area contributed by atoms with Crippen LogP contribution in [0, 0.1) is 6.07 Å². The fourth-order valence-corrected chi connectivity index (χ4v) is 11.6. The van der Waals surface area contributed by atoms with Crippen LogP contribution in [0.1, 0.15) is 79.0 Å². The molecule has 4 nitrogen and oxygen atoms in total. The standard InChI is InChI=1S/C63H64GeN3O.Pt/c1-61(2,3)48-35-46(34-47(36-48)55-38-45(32-33-65-55)42-26-29-50(30-27-42)64(10,11)12)51-24-19-25-57-58(51)66-60(53-39-49(62(4,5)6)40-54(59(53)68)63(7,8)9)67(57)56-31-28-44(41-20-15-13-16-21-41)37-52(56)43-22-17-14-18-23-43;/h13-33,35-40,68H,1-12H3;/q-1;. The SMILES string of the molecule is CC(C)(C)c1cc(-c2cc(-c3cc[c]([Ge]([CH3])([CH3])[CH3])cc3)ccn2)[c-]c(-c2cccc3c2nc(-c2cc(C(C)(C)C)cc(C(C)(C)C)c2O)n3-c2ccc(-c3ccccc3)cc2-c2ccccc2)c1.[Pt]. The number of phenols is 1. The van der Waals surface area contributed by atoms with E-state index >= 15 is 0 Å². The first-order chi connectivity index (χ1) is 32.1. The number of imidazole rings is 1. The van der Waals surface area contributed by atoms with Gasteiger partial charge in [0.15, 0.2) is 0 Å². The van der Waals surface area contributed by atoms with E-state index in [4.69, 9.17) is 9.97 Å². The Hall–Kier alpha value is -5.81. The number of hydrogen-bond donors (Lipinski definition) is 1. The molecule has 9 aromatic rings. The summed E-state index contributed by atoms with van der Waals surface area (Å²) in [7, 11) is 0. The summed E-state index contributed by atoms with van der Waals surface area (Å²) in [4.78, 5) is 10.7. The number of pyridine rings is 1. The summed E-state index contributed by atoms with van der Waals surface area (Å²) < 4.78 is 3.77. The Morgan fingerprint density at radius 3 is 1.71 bits per heavy atom. The van der Waals surface area contributed by atoms with Crippen molar-refractivity contribution in [1.29, 1.82) is 0 Å². The molecule has 1 N–H and O–H groups in total. The molecule has 0 amide bonds. The molecule has 0 aliphatic heterocycles. The van der Waals surface area contributed by atoms with Gasteiger partial charge in [0.1, 0.15) is 11.6 Å². The molecule has 0 saturated heterocycles. The van der Waals surface area contributed by atoms with Crippen LogP contribution in [-0.4, -0.2) is 32.9 Å². The van der Waals surface area contributed by atoms with Gasteiger partial charge in [-0.3, -0.25) is 4.57 Å². The topological polar surface area (TPSA) is 50.9 Å². The van der Waals surface area contributed by atoms with Gasteiger partial charge in [-0.05, 0) is 57.3 Å². The molecule has 0 atom stereocenters. The minimum absolute atomic E-state index is 0. The average molecular weight is 1150 g/mol. The summed E-state index contributed by atoms with van der Waals surface area (Å²) in [5, 5.41) is 12.6. The molecule has 0 aliphatic carbocycles. The van der Waals surface area contributed by atoms with Crippen LogP contribution in [-0.2, 0) is 37.3 Å². The molecule has 0 unspecified atom stereocenters. The van der Waals surface area contributed by atoms with E-state index in [1.807, 2.05) is 6.20 Å². The maximum absolute atomic E-state index is 12.6. The van der Waals surface area contributed by atoms with Gasteiger partial charge in [-0.15, -0.1) is 0 Å². The van der Waals surface area contributed by atoms with E-state index in [1.165, 1.54) is 15.5 Å². The molecule has 2 aromatic heterocycles. The Balaban J connectivity index is 0.00000642. The summed E-state index contributed by atoms with van der Waals surface area (Å²) in [6, 6.07) is 60.5. The smallest absolute Gasteiger partial charge is 0 e. The number of rotatable bonds is 8. The number of phenolic OH excluding ortho intramolecular Hbond substituents is 1. The zero-order chi connectivity index (χ0) is 48.3. The summed E-state index contributed by atoms with van der Waals surface area (Å²) in [5.74, 6) is 8.22. The normalized spacial score (nSPS) is 12.3. The van der Waals surface area contributed by atoms with Crippen LogP contribution in [0.2, 0.25) is 17.3 Å². The molecule has 0 aliphatic rings. The third-order valence-corrected chi connectivity index (χ3v) is 17.6. The van der Waals surface area contributed by atoms with Crippen molar-refractivity contribution >= 4 is 28.7 Å². The van der Waals surface area contributed by atoms with Gasteiger partial charge in [-0.2, -0.15) is 0 Å². The van der Waals surface area contributed by atoms with E-state index < -0.39 is 13.3 Å². The summed E-state index contributed by atoms with van der Waals surface area (Å²) in [6.07, 6.45) is 1.92. The molecule has 9 rings (SSSR count). The number of fused-ring (bicyclic) bond motifs is 1. The van der Waals surface area contributed by atoms with Crippen LogP contribution in [0.15, 0.2) is 164 Å². The molecule has 0 saturated carbocycles. The van der Waals surface area contributed by atoms with Gasteiger partial charge in [-0.1, -0.05) is 120 Å². The molecule has 2 heterocycles. The minimum Gasteiger partial charge on any atom is 0 e. The second-order valence-electron chi connectivity index (χ2n) is 22.5. The molecule has 0 radical (unpaired) electrons. The maximum atomic E-state index is 12.6. The van der Waals surface area contributed by atoms with E-state index in [0.717, 1.165) is 78.0 Å². The first-order valence-corrected chi connectivity index (χ1v) is 31.3. The van der Waals surface area contributed by atoms with Crippen LogP contribution in [0.4, 0.5) is 0 Å². The molecule has 0 fully saturated rings. The van der Waals surface area contributed by atoms with Crippen molar-refractivity contribution < 1.29 is 26.2 Å². The van der Waals surface area contributed by atoms with Gasteiger partial charge < -0.3 is 5.11 Å². The van der Waals surface area contributed by atoms with Gasteiger partial charge in [0.25, 0.3) is 0 Å². The number of nitrogens with zero attached hydrogens (tertiary/aromatic N) is 3. The van der Waals surface area contributed by atoms with Gasteiger partial charge in [0, 0.05) is 32.2 Å².